The first-order chi connectivity index (χ1) is 31.0. The average Bonchev–Trinajstić information content (AvgIpc) is 3.26. The third-order valence-electron chi connectivity index (χ3n) is 10.8. The van der Waals surface area contributed by atoms with Crippen molar-refractivity contribution in [2.45, 2.75) is 218 Å². The van der Waals surface area contributed by atoms with Crippen molar-refractivity contribution >= 4 is 22.1 Å². The molecule has 13 heteroatoms. The van der Waals surface area contributed by atoms with Crippen molar-refractivity contribution in [3.8, 4) is 0 Å². The molecule has 0 aromatic heterocycles. The molecule has 1 rings (SSSR count). The Hall–Kier alpha value is -2.91. The minimum Gasteiger partial charge on any atom is -0.462 e. The number of carbonyl (C=O) groups excluding carboxylic acids is 2. The monoisotopic (exact) mass is 923 g/mol. The minimum atomic E-state index is -4.61. The summed E-state index contributed by atoms with van der Waals surface area (Å²) in [6, 6.07) is 0. The number of unbranched alkanes of at least 4 members (excludes halogenated alkanes) is 18. The minimum absolute atomic E-state index is 0.138. The summed E-state index contributed by atoms with van der Waals surface area (Å²) in [7, 11) is -4.61. The zero-order chi connectivity index (χ0) is 46.9. The number of ether oxygens (including phenoxy) is 4. The molecule has 1 aliphatic rings. The van der Waals surface area contributed by atoms with Gasteiger partial charge in [0.2, 0.25) is 0 Å². The Morgan fingerprint density at radius 1 is 0.547 bits per heavy atom. The summed E-state index contributed by atoms with van der Waals surface area (Å²) in [5, 5.41) is 30.9. The smallest absolute Gasteiger partial charge is 0.306 e. The van der Waals surface area contributed by atoms with Gasteiger partial charge in [0.05, 0.1) is 6.61 Å². The van der Waals surface area contributed by atoms with Gasteiger partial charge in [-0.2, -0.15) is 8.42 Å². The number of carbonyl (C=O) groups is 2. The van der Waals surface area contributed by atoms with E-state index in [9.17, 15) is 37.9 Å². The molecule has 6 atom stereocenters. The number of aliphatic hydroxyl groups is 3. The van der Waals surface area contributed by atoms with Crippen LogP contribution in [-0.2, 0) is 38.7 Å². The van der Waals surface area contributed by atoms with Gasteiger partial charge in [-0.25, -0.2) is 0 Å². The quantitative estimate of drug-likeness (QED) is 0.0150. The Labute approximate surface area is 387 Å². The van der Waals surface area contributed by atoms with Crippen LogP contribution in [-0.4, -0.2) is 96.0 Å². The molecule has 0 bridgehead atoms. The molecule has 0 amide bonds. The van der Waals surface area contributed by atoms with Gasteiger partial charge in [-0.15, -0.1) is 0 Å². The van der Waals surface area contributed by atoms with E-state index in [2.05, 4.69) is 62.5 Å². The lowest BCUT2D eigenvalue weighted by Crippen LogP contribution is -2.60. The standard InChI is InChI=1S/C51H86O12S/c1-3-5-7-9-11-13-15-17-18-19-20-21-22-23-24-25-26-28-29-31-33-35-37-39-46(52)60-41-44(42-61-51-50(56)49(55)48(54)45(63-51)43-64(57,58)59)62-47(53)40-38-36-34-32-30-27-16-14-12-10-8-6-4-2/h5-8,10-14,16-18,44-45,48-51,54-56H,3-4,9,15,19-43H2,1-2H3,(H,57,58,59)/b7-5+,8-6+,12-10+,13-11+,16-14+,18-17+/t44?,45-,48-,49?,50?,51+/m1/s1. The highest BCUT2D eigenvalue weighted by atomic mass is 32.2. The molecule has 0 radical (unpaired) electrons. The van der Waals surface area contributed by atoms with Crippen LogP contribution in [0.15, 0.2) is 72.9 Å². The highest BCUT2D eigenvalue weighted by Crippen LogP contribution is 2.24. The third-order valence-corrected chi connectivity index (χ3v) is 11.6. The van der Waals surface area contributed by atoms with Gasteiger partial charge in [-0.3, -0.25) is 14.1 Å². The molecule has 3 unspecified atom stereocenters. The molecule has 4 N–H and O–H groups in total. The molecule has 1 aliphatic heterocycles. The molecule has 64 heavy (non-hydrogen) atoms. The topological polar surface area (TPSA) is 186 Å². The van der Waals surface area contributed by atoms with Crippen molar-refractivity contribution in [3.63, 3.8) is 0 Å². The van der Waals surface area contributed by atoms with Gasteiger partial charge in [0, 0.05) is 12.8 Å². The average molecular weight is 923 g/mol. The fourth-order valence-corrected chi connectivity index (χ4v) is 7.79. The van der Waals surface area contributed by atoms with E-state index in [-0.39, 0.29) is 19.4 Å². The highest BCUT2D eigenvalue weighted by molar-refractivity contribution is 7.85. The summed E-state index contributed by atoms with van der Waals surface area (Å²) in [5.74, 6) is -2.02. The molecule has 1 saturated heterocycles. The molecule has 0 aromatic carbocycles. The normalized spacial score (nSPS) is 20.2. The van der Waals surface area contributed by atoms with E-state index < -0.39 is 71.2 Å². The van der Waals surface area contributed by atoms with Crippen LogP contribution in [0.3, 0.4) is 0 Å². The lowest BCUT2D eigenvalue weighted by atomic mass is 10.00. The molecule has 368 valence electrons. The van der Waals surface area contributed by atoms with Crippen LogP contribution in [0, 0.1) is 0 Å². The van der Waals surface area contributed by atoms with Crippen LogP contribution in [0.4, 0.5) is 0 Å². The zero-order valence-electron chi connectivity index (χ0n) is 39.4. The van der Waals surface area contributed by atoms with Gasteiger partial charge in [0.15, 0.2) is 12.4 Å². The van der Waals surface area contributed by atoms with Gasteiger partial charge < -0.3 is 34.3 Å². The fourth-order valence-electron chi connectivity index (χ4n) is 7.10. The van der Waals surface area contributed by atoms with Crippen LogP contribution < -0.4 is 0 Å². The zero-order valence-corrected chi connectivity index (χ0v) is 40.2. The Morgan fingerprint density at radius 2 is 1.02 bits per heavy atom. The Morgan fingerprint density at radius 3 is 1.56 bits per heavy atom. The summed E-state index contributed by atoms with van der Waals surface area (Å²) in [6.45, 7) is 3.50. The number of rotatable bonds is 40. The summed E-state index contributed by atoms with van der Waals surface area (Å²) in [5.41, 5.74) is 0. The summed E-state index contributed by atoms with van der Waals surface area (Å²) < 4.78 is 54.1. The first kappa shape index (κ1) is 59.1. The van der Waals surface area contributed by atoms with Gasteiger partial charge in [-0.1, -0.05) is 177 Å². The molecule has 1 heterocycles. The van der Waals surface area contributed by atoms with Crippen LogP contribution in [0.5, 0.6) is 0 Å². The number of allylic oxidation sites excluding steroid dienone is 12. The molecule has 12 nitrogen and oxygen atoms in total. The second kappa shape index (κ2) is 40.4. The predicted octanol–water partition coefficient (Wildman–Crippen LogP) is 10.7. The van der Waals surface area contributed by atoms with Crippen molar-refractivity contribution in [3.05, 3.63) is 72.9 Å². The summed E-state index contributed by atoms with van der Waals surface area (Å²) >= 11 is 0. The molecule has 0 saturated carbocycles. The molecular formula is C51H86O12S. The van der Waals surface area contributed by atoms with E-state index in [0.717, 1.165) is 77.0 Å². The number of hydrogen-bond acceptors (Lipinski definition) is 11. The second-order valence-electron chi connectivity index (χ2n) is 16.8. The fraction of sp³-hybridized carbons (Fsp3) is 0.725. The first-order valence-electron chi connectivity index (χ1n) is 24.5. The van der Waals surface area contributed by atoms with Crippen LogP contribution >= 0.6 is 0 Å². The maximum absolute atomic E-state index is 12.8. The third kappa shape index (κ3) is 34.4. The van der Waals surface area contributed by atoms with E-state index in [0.29, 0.717) is 12.8 Å². The Balaban J connectivity index is 2.35. The van der Waals surface area contributed by atoms with E-state index in [1.54, 1.807) is 0 Å². The van der Waals surface area contributed by atoms with Crippen molar-refractivity contribution in [2.75, 3.05) is 19.0 Å². The lowest BCUT2D eigenvalue weighted by Gasteiger charge is -2.40. The number of hydrogen-bond donors (Lipinski definition) is 4. The largest absolute Gasteiger partial charge is 0.462 e. The molecule has 0 aromatic rings. The summed E-state index contributed by atoms with van der Waals surface area (Å²) in [6.07, 6.45) is 42.4. The van der Waals surface area contributed by atoms with Gasteiger partial charge >= 0.3 is 11.9 Å². The lowest BCUT2D eigenvalue weighted by molar-refractivity contribution is -0.297. The van der Waals surface area contributed by atoms with Gasteiger partial charge in [-0.05, 0) is 64.2 Å². The van der Waals surface area contributed by atoms with Gasteiger partial charge in [0.1, 0.15) is 36.8 Å². The summed E-state index contributed by atoms with van der Waals surface area (Å²) in [4.78, 5) is 25.5. The van der Waals surface area contributed by atoms with E-state index in [4.69, 9.17) is 18.9 Å². The maximum Gasteiger partial charge on any atom is 0.306 e. The van der Waals surface area contributed by atoms with Gasteiger partial charge in [0.25, 0.3) is 10.1 Å². The predicted molar refractivity (Wildman–Crippen MR) is 256 cm³/mol. The van der Waals surface area contributed by atoms with Crippen LogP contribution in [0.2, 0.25) is 0 Å². The molecule has 0 spiro atoms. The SMILES string of the molecule is CC/C=C/C=C/C=C/CCCCCCCC(=O)OC(COC(=O)CCCCCCCCCCCCCCC/C=C/C/C=C/C/C=C/CC)CO[C@H]1O[C@H](CS(=O)(=O)O)[C@@H](O)C(O)C1O. The first-order valence-corrected chi connectivity index (χ1v) is 26.1. The number of aliphatic hydroxyl groups excluding tert-OH is 3. The van der Waals surface area contributed by atoms with Crippen LogP contribution in [0.1, 0.15) is 181 Å². The molecule has 0 aliphatic carbocycles. The van der Waals surface area contributed by atoms with E-state index >= 15 is 0 Å². The molecule has 1 fully saturated rings. The van der Waals surface area contributed by atoms with E-state index in [1.807, 2.05) is 24.3 Å². The van der Waals surface area contributed by atoms with E-state index in [1.165, 1.54) is 64.2 Å². The highest BCUT2D eigenvalue weighted by Gasteiger charge is 2.46. The van der Waals surface area contributed by atoms with Crippen LogP contribution in [0.25, 0.3) is 0 Å². The van der Waals surface area contributed by atoms with Crippen molar-refractivity contribution in [2.24, 2.45) is 0 Å². The Kier molecular flexibility index (Phi) is 37.3. The molecular weight excluding hydrogens is 837 g/mol. The Bertz CT molecular complexity index is 1450. The van der Waals surface area contributed by atoms with Crippen molar-refractivity contribution in [1.29, 1.82) is 0 Å². The van der Waals surface area contributed by atoms with Crippen molar-refractivity contribution < 1.29 is 56.8 Å². The maximum atomic E-state index is 12.8. The number of esters is 2. The second-order valence-corrected chi connectivity index (χ2v) is 18.3. The van der Waals surface area contributed by atoms with Crippen molar-refractivity contribution in [1.82, 2.24) is 0 Å².